The molecule has 0 heterocycles. The van der Waals surface area contributed by atoms with E-state index < -0.39 is 16.8 Å². The van der Waals surface area contributed by atoms with Crippen molar-refractivity contribution in [3.8, 4) is 11.8 Å². The Morgan fingerprint density at radius 1 is 1.00 bits per heavy atom. The molecule has 1 N–H and O–H groups in total. The molecular formula is C23H15N3O5. The molecule has 0 spiro atoms. The van der Waals surface area contributed by atoms with Crippen molar-refractivity contribution in [1.82, 2.24) is 0 Å². The van der Waals surface area contributed by atoms with Crippen LogP contribution in [0.4, 0.5) is 11.4 Å². The number of non-ortho nitro benzene ring substituents is 1. The predicted octanol–water partition coefficient (Wildman–Crippen LogP) is 4.36. The van der Waals surface area contributed by atoms with Crippen LogP contribution in [0.25, 0.3) is 6.08 Å². The van der Waals surface area contributed by atoms with Gasteiger partial charge in [-0.2, -0.15) is 5.26 Å². The Labute approximate surface area is 177 Å². The Hall–Kier alpha value is -4.77. The normalized spacial score (nSPS) is 10.6. The molecule has 31 heavy (non-hydrogen) atoms. The number of hydrogen-bond acceptors (Lipinski definition) is 6. The number of ether oxygens (including phenoxy) is 1. The summed E-state index contributed by atoms with van der Waals surface area (Å²) in [6.45, 7) is 0. The minimum Gasteiger partial charge on any atom is -0.423 e. The molecule has 1 amide bonds. The first-order valence-electron chi connectivity index (χ1n) is 9.01. The minimum atomic E-state index is -0.706. The van der Waals surface area contributed by atoms with Gasteiger partial charge in [-0.3, -0.25) is 14.9 Å². The smallest absolute Gasteiger partial charge is 0.343 e. The first-order valence-corrected chi connectivity index (χ1v) is 9.01. The lowest BCUT2D eigenvalue weighted by atomic mass is 10.1. The van der Waals surface area contributed by atoms with Crippen LogP contribution < -0.4 is 10.1 Å². The Morgan fingerprint density at radius 2 is 1.71 bits per heavy atom. The van der Waals surface area contributed by atoms with Crippen molar-refractivity contribution in [2.75, 3.05) is 5.32 Å². The van der Waals surface area contributed by atoms with Gasteiger partial charge < -0.3 is 10.1 Å². The Bertz CT molecular complexity index is 1200. The number of nitrogens with one attached hydrogen (secondary N) is 1. The van der Waals surface area contributed by atoms with Gasteiger partial charge in [-0.05, 0) is 42.0 Å². The van der Waals surface area contributed by atoms with Crippen molar-refractivity contribution in [3.63, 3.8) is 0 Å². The summed E-state index contributed by atoms with van der Waals surface area (Å²) in [6, 6.07) is 22.0. The molecule has 0 unspecified atom stereocenters. The molecule has 0 atom stereocenters. The second-order valence-electron chi connectivity index (χ2n) is 6.26. The molecule has 8 heteroatoms. The molecule has 0 aromatic heterocycles. The average Bonchev–Trinajstić information content (AvgIpc) is 2.79. The third kappa shape index (κ3) is 5.62. The highest BCUT2D eigenvalue weighted by atomic mass is 16.6. The molecule has 3 aromatic rings. The summed E-state index contributed by atoms with van der Waals surface area (Å²) in [6.07, 6.45) is 1.36. The summed E-state index contributed by atoms with van der Waals surface area (Å²) in [4.78, 5) is 34.7. The molecule has 0 aliphatic heterocycles. The molecule has 0 bridgehead atoms. The van der Waals surface area contributed by atoms with Crippen molar-refractivity contribution in [3.05, 3.63) is 106 Å². The van der Waals surface area contributed by atoms with Gasteiger partial charge in [0.05, 0.1) is 10.5 Å². The van der Waals surface area contributed by atoms with Crippen LogP contribution in [-0.4, -0.2) is 16.8 Å². The maximum Gasteiger partial charge on any atom is 0.343 e. The molecule has 0 aliphatic rings. The van der Waals surface area contributed by atoms with E-state index in [2.05, 4.69) is 5.32 Å². The van der Waals surface area contributed by atoms with E-state index in [0.717, 1.165) is 0 Å². The quantitative estimate of drug-likeness (QED) is 0.160. The lowest BCUT2D eigenvalue weighted by Gasteiger charge is -2.06. The van der Waals surface area contributed by atoms with Crippen LogP contribution >= 0.6 is 0 Å². The van der Waals surface area contributed by atoms with E-state index in [1.165, 1.54) is 30.3 Å². The van der Waals surface area contributed by atoms with E-state index in [0.29, 0.717) is 16.9 Å². The van der Waals surface area contributed by atoms with E-state index in [9.17, 15) is 25.0 Å². The number of nitro benzene ring substituents is 1. The Balaban J connectivity index is 1.70. The maximum atomic E-state index is 12.4. The molecule has 8 nitrogen and oxygen atoms in total. The highest BCUT2D eigenvalue weighted by Crippen LogP contribution is 2.19. The topological polar surface area (TPSA) is 122 Å². The van der Waals surface area contributed by atoms with Gasteiger partial charge in [0.2, 0.25) is 0 Å². The van der Waals surface area contributed by atoms with Gasteiger partial charge in [0.25, 0.3) is 11.6 Å². The number of hydrogen-bond donors (Lipinski definition) is 1. The van der Waals surface area contributed by atoms with Crippen LogP contribution in [0.15, 0.2) is 84.4 Å². The second-order valence-corrected chi connectivity index (χ2v) is 6.26. The van der Waals surface area contributed by atoms with Crippen molar-refractivity contribution in [2.45, 2.75) is 0 Å². The van der Waals surface area contributed by atoms with Crippen LogP contribution in [0.3, 0.4) is 0 Å². The number of carbonyl (C=O) groups excluding carboxylic acids is 2. The van der Waals surface area contributed by atoms with Crippen molar-refractivity contribution < 1.29 is 19.2 Å². The fourth-order valence-electron chi connectivity index (χ4n) is 2.58. The zero-order chi connectivity index (χ0) is 22.2. The number of esters is 1. The fraction of sp³-hybridized carbons (Fsp3) is 0. The van der Waals surface area contributed by atoms with Gasteiger partial charge in [0.15, 0.2) is 0 Å². The van der Waals surface area contributed by atoms with Crippen LogP contribution in [-0.2, 0) is 4.79 Å². The van der Waals surface area contributed by atoms with Gasteiger partial charge in [-0.1, -0.05) is 36.4 Å². The van der Waals surface area contributed by atoms with Gasteiger partial charge in [-0.25, -0.2) is 4.79 Å². The average molecular weight is 413 g/mol. The summed E-state index contributed by atoms with van der Waals surface area (Å²) in [5.41, 5.74) is 0.770. The lowest BCUT2D eigenvalue weighted by molar-refractivity contribution is -0.384. The highest BCUT2D eigenvalue weighted by molar-refractivity contribution is 6.09. The van der Waals surface area contributed by atoms with E-state index in [4.69, 9.17) is 4.74 Å². The molecule has 152 valence electrons. The molecule has 0 saturated heterocycles. The summed E-state index contributed by atoms with van der Waals surface area (Å²) >= 11 is 0. The van der Waals surface area contributed by atoms with Gasteiger partial charge in [0, 0.05) is 17.8 Å². The molecule has 0 saturated carbocycles. The van der Waals surface area contributed by atoms with E-state index in [-0.39, 0.29) is 16.9 Å². The van der Waals surface area contributed by atoms with E-state index in [1.807, 2.05) is 0 Å². The number of anilines is 1. The minimum absolute atomic E-state index is 0.180. The Kier molecular flexibility index (Phi) is 6.50. The van der Waals surface area contributed by atoms with Crippen LogP contribution in [0.5, 0.6) is 5.75 Å². The fourth-order valence-corrected chi connectivity index (χ4v) is 2.58. The number of amides is 1. The third-order valence-corrected chi connectivity index (χ3v) is 4.09. The number of nitro groups is 1. The monoisotopic (exact) mass is 413 g/mol. The third-order valence-electron chi connectivity index (χ3n) is 4.09. The van der Waals surface area contributed by atoms with Crippen molar-refractivity contribution in [1.29, 1.82) is 5.26 Å². The highest BCUT2D eigenvalue weighted by Gasteiger charge is 2.12. The molecule has 0 fully saturated rings. The number of rotatable bonds is 6. The summed E-state index contributed by atoms with van der Waals surface area (Å²) in [7, 11) is 0. The van der Waals surface area contributed by atoms with Crippen LogP contribution in [0, 0.1) is 21.4 Å². The van der Waals surface area contributed by atoms with E-state index in [1.54, 1.807) is 60.7 Å². The molecule has 0 aliphatic carbocycles. The number of carbonyl (C=O) groups is 2. The van der Waals surface area contributed by atoms with Crippen LogP contribution in [0.1, 0.15) is 15.9 Å². The summed E-state index contributed by atoms with van der Waals surface area (Å²) < 4.78 is 5.28. The second kappa shape index (κ2) is 9.62. The largest absolute Gasteiger partial charge is 0.423 e. The summed E-state index contributed by atoms with van der Waals surface area (Å²) in [5.74, 6) is -0.897. The standard InChI is InChI=1S/C23H15N3O5/c24-15-18(22(27)25-19-7-4-8-20(14-19)26(29)30)13-16-9-11-21(12-10-16)31-23(28)17-5-2-1-3-6-17/h1-14H,(H,25,27). The van der Waals surface area contributed by atoms with Gasteiger partial charge >= 0.3 is 5.97 Å². The first-order chi connectivity index (χ1) is 15.0. The molecule has 3 aromatic carbocycles. The zero-order valence-electron chi connectivity index (χ0n) is 16.0. The zero-order valence-corrected chi connectivity index (χ0v) is 16.0. The maximum absolute atomic E-state index is 12.4. The first kappa shape index (κ1) is 21.0. The van der Waals surface area contributed by atoms with E-state index >= 15 is 0 Å². The summed E-state index contributed by atoms with van der Waals surface area (Å²) in [5, 5.41) is 22.6. The van der Waals surface area contributed by atoms with Gasteiger partial charge in [0.1, 0.15) is 17.4 Å². The van der Waals surface area contributed by atoms with Crippen LogP contribution in [0.2, 0.25) is 0 Å². The number of benzene rings is 3. The Morgan fingerprint density at radius 3 is 2.35 bits per heavy atom. The SMILES string of the molecule is N#CC(=Cc1ccc(OC(=O)c2ccccc2)cc1)C(=O)Nc1cccc([N+](=O)[O-])c1. The van der Waals surface area contributed by atoms with Gasteiger partial charge in [-0.15, -0.1) is 0 Å². The predicted molar refractivity (Wildman–Crippen MR) is 113 cm³/mol. The molecule has 0 radical (unpaired) electrons. The lowest BCUT2D eigenvalue weighted by Crippen LogP contribution is -2.13. The number of nitriles is 1. The molecular weight excluding hydrogens is 398 g/mol. The van der Waals surface area contributed by atoms with Crippen molar-refractivity contribution >= 4 is 29.3 Å². The number of nitrogens with zero attached hydrogens (tertiary/aromatic N) is 2. The molecule has 3 rings (SSSR count). The van der Waals surface area contributed by atoms with Crippen molar-refractivity contribution in [2.24, 2.45) is 0 Å².